The smallest absolute Gasteiger partial charge is 0.250 e. The van der Waals surface area contributed by atoms with Gasteiger partial charge in [-0.15, -0.1) is 0 Å². The summed E-state index contributed by atoms with van der Waals surface area (Å²) in [5, 5.41) is 0.667. The lowest BCUT2D eigenvalue weighted by molar-refractivity contribution is -0.116. The molecule has 0 aliphatic heterocycles. The fraction of sp³-hybridized carbons (Fsp3) is 0.100. The van der Waals surface area contributed by atoms with Crippen LogP contribution in [-0.4, -0.2) is 17.7 Å². The molecule has 0 saturated heterocycles. The predicted octanol–water partition coefficient (Wildman–Crippen LogP) is -0.889. The quantitative estimate of drug-likeness (QED) is 0.356. The number of nitrogens with zero attached hydrogens (tertiary/aromatic N) is 1. The van der Waals surface area contributed by atoms with Gasteiger partial charge in [0.05, 0.1) is 16.8 Å². The van der Waals surface area contributed by atoms with Crippen LogP contribution in [-0.2, 0) is 4.79 Å². The first kappa shape index (κ1) is 12.7. The van der Waals surface area contributed by atoms with Crippen molar-refractivity contribution in [2.75, 3.05) is 5.01 Å². The van der Waals surface area contributed by atoms with Crippen molar-refractivity contribution in [3.8, 4) is 0 Å². The minimum Gasteiger partial charge on any atom is -0.366 e. The van der Waals surface area contributed by atoms with Crippen molar-refractivity contribution < 1.29 is 14.4 Å². The monoisotopic (exact) mass is 236 g/mol. The molecule has 1 aromatic carbocycles. The summed E-state index contributed by atoms with van der Waals surface area (Å²) in [6.07, 6.45) is 0. The van der Waals surface area contributed by atoms with Gasteiger partial charge in [0, 0.05) is 6.92 Å². The number of amides is 3. The first-order chi connectivity index (χ1) is 7.86. The number of para-hydroxylation sites is 1. The topological polar surface area (TPSA) is 133 Å². The Balaban J connectivity index is 3.54. The second kappa shape index (κ2) is 4.62. The highest BCUT2D eigenvalue weighted by molar-refractivity contribution is 6.10. The van der Waals surface area contributed by atoms with Crippen LogP contribution in [0.1, 0.15) is 27.6 Å². The Morgan fingerprint density at radius 2 is 1.47 bits per heavy atom. The van der Waals surface area contributed by atoms with E-state index in [1.165, 1.54) is 25.1 Å². The zero-order valence-electron chi connectivity index (χ0n) is 9.14. The minimum atomic E-state index is -0.806. The molecular formula is C10H12N4O3. The van der Waals surface area contributed by atoms with Gasteiger partial charge < -0.3 is 11.5 Å². The molecule has 6 N–H and O–H groups in total. The Hall–Kier alpha value is -2.41. The molecule has 7 nitrogen and oxygen atoms in total. The van der Waals surface area contributed by atoms with Crippen LogP contribution < -0.4 is 22.3 Å². The number of primary amides is 2. The largest absolute Gasteiger partial charge is 0.366 e. The van der Waals surface area contributed by atoms with Crippen molar-refractivity contribution in [1.82, 2.24) is 0 Å². The van der Waals surface area contributed by atoms with Gasteiger partial charge >= 0.3 is 0 Å². The summed E-state index contributed by atoms with van der Waals surface area (Å²) >= 11 is 0. The van der Waals surface area contributed by atoms with E-state index < -0.39 is 17.7 Å². The first-order valence-corrected chi connectivity index (χ1v) is 4.64. The molecule has 0 aliphatic rings. The second-order valence-electron chi connectivity index (χ2n) is 3.32. The van der Waals surface area contributed by atoms with Gasteiger partial charge in [-0.2, -0.15) is 0 Å². The number of carbonyl (C=O) groups excluding carboxylic acids is 3. The van der Waals surface area contributed by atoms with Crippen molar-refractivity contribution >= 4 is 23.4 Å². The maximum atomic E-state index is 11.2. The molecule has 1 aromatic rings. The van der Waals surface area contributed by atoms with Gasteiger partial charge in [0.15, 0.2) is 0 Å². The number of hydrazine groups is 1. The normalized spacial score (nSPS) is 9.76. The van der Waals surface area contributed by atoms with Crippen molar-refractivity contribution in [3.63, 3.8) is 0 Å². The van der Waals surface area contributed by atoms with E-state index in [2.05, 4.69) is 0 Å². The van der Waals surface area contributed by atoms with Gasteiger partial charge in [-0.25, -0.2) is 10.9 Å². The Labute approximate surface area is 97.1 Å². The standard InChI is InChI=1S/C10H12N4O3/c1-5(15)14(13)8-6(9(11)16)3-2-4-7(8)10(12)17/h2-4H,13H2,1H3,(H2,11,16)(H2,12,17). The Morgan fingerprint density at radius 3 is 1.76 bits per heavy atom. The molecule has 7 heteroatoms. The highest BCUT2D eigenvalue weighted by Crippen LogP contribution is 2.23. The lowest BCUT2D eigenvalue weighted by atomic mass is 10.1. The number of benzene rings is 1. The third-order valence-electron chi connectivity index (χ3n) is 2.15. The van der Waals surface area contributed by atoms with E-state index >= 15 is 0 Å². The van der Waals surface area contributed by atoms with Gasteiger partial charge in [0.1, 0.15) is 0 Å². The molecule has 0 fully saturated rings. The number of hydrogen-bond acceptors (Lipinski definition) is 4. The number of nitrogens with two attached hydrogens (primary N) is 3. The van der Waals surface area contributed by atoms with E-state index in [1.54, 1.807) is 0 Å². The molecule has 1 rings (SSSR count). The Bertz CT molecular complexity index is 466. The first-order valence-electron chi connectivity index (χ1n) is 4.64. The van der Waals surface area contributed by atoms with E-state index in [1.807, 2.05) is 0 Å². The third-order valence-corrected chi connectivity index (χ3v) is 2.15. The molecule has 0 atom stereocenters. The SMILES string of the molecule is CC(=O)N(N)c1c(C(N)=O)cccc1C(N)=O. The van der Waals surface area contributed by atoms with Crippen LogP contribution in [0.25, 0.3) is 0 Å². The summed E-state index contributed by atoms with van der Waals surface area (Å²) in [6.45, 7) is 1.18. The van der Waals surface area contributed by atoms with Crippen LogP contribution >= 0.6 is 0 Å². The average Bonchev–Trinajstić information content (AvgIpc) is 2.26. The molecule has 0 aromatic heterocycles. The molecule has 0 radical (unpaired) electrons. The van der Waals surface area contributed by atoms with Gasteiger partial charge in [0.25, 0.3) is 11.8 Å². The minimum absolute atomic E-state index is 0.0426. The second-order valence-corrected chi connectivity index (χ2v) is 3.32. The fourth-order valence-electron chi connectivity index (χ4n) is 1.36. The number of rotatable bonds is 3. The van der Waals surface area contributed by atoms with Gasteiger partial charge in [-0.1, -0.05) is 6.07 Å². The van der Waals surface area contributed by atoms with Crippen LogP contribution in [0.4, 0.5) is 5.69 Å². The number of anilines is 1. The summed E-state index contributed by atoms with van der Waals surface area (Å²) < 4.78 is 0. The Morgan fingerprint density at radius 1 is 1.06 bits per heavy atom. The highest BCUT2D eigenvalue weighted by Gasteiger charge is 2.21. The van der Waals surface area contributed by atoms with Crippen LogP contribution in [0.3, 0.4) is 0 Å². The van der Waals surface area contributed by atoms with Gasteiger partial charge in [-0.05, 0) is 12.1 Å². The maximum Gasteiger partial charge on any atom is 0.250 e. The molecule has 0 aliphatic carbocycles. The van der Waals surface area contributed by atoms with E-state index in [0.29, 0.717) is 5.01 Å². The molecule has 0 unspecified atom stereocenters. The molecular weight excluding hydrogens is 224 g/mol. The van der Waals surface area contributed by atoms with E-state index in [0.717, 1.165) is 0 Å². The molecule has 17 heavy (non-hydrogen) atoms. The third kappa shape index (κ3) is 2.40. The summed E-state index contributed by atoms with van der Waals surface area (Å²) in [6, 6.07) is 4.14. The molecule has 0 bridgehead atoms. The maximum absolute atomic E-state index is 11.2. The van der Waals surface area contributed by atoms with Crippen molar-refractivity contribution in [1.29, 1.82) is 0 Å². The summed E-state index contributed by atoms with van der Waals surface area (Å²) in [4.78, 5) is 33.6. The zero-order chi connectivity index (χ0) is 13.2. The predicted molar refractivity (Wildman–Crippen MR) is 60.8 cm³/mol. The lowest BCUT2D eigenvalue weighted by Crippen LogP contribution is -2.39. The van der Waals surface area contributed by atoms with E-state index in [-0.39, 0.29) is 16.8 Å². The van der Waals surface area contributed by atoms with E-state index in [4.69, 9.17) is 17.3 Å². The molecule has 0 heterocycles. The molecule has 0 spiro atoms. The van der Waals surface area contributed by atoms with Crippen molar-refractivity contribution in [3.05, 3.63) is 29.3 Å². The average molecular weight is 236 g/mol. The molecule has 3 amide bonds. The van der Waals surface area contributed by atoms with Gasteiger partial charge in [-0.3, -0.25) is 14.4 Å². The van der Waals surface area contributed by atoms with Crippen molar-refractivity contribution in [2.45, 2.75) is 6.92 Å². The fourth-order valence-corrected chi connectivity index (χ4v) is 1.36. The number of carbonyl (C=O) groups is 3. The Kier molecular flexibility index (Phi) is 3.44. The molecule has 90 valence electrons. The highest BCUT2D eigenvalue weighted by atomic mass is 16.2. The summed E-state index contributed by atoms with van der Waals surface area (Å²) in [5.74, 6) is 3.32. The van der Waals surface area contributed by atoms with Crippen LogP contribution in [0, 0.1) is 0 Å². The van der Waals surface area contributed by atoms with Crippen LogP contribution in [0.5, 0.6) is 0 Å². The lowest BCUT2D eigenvalue weighted by Gasteiger charge is -2.19. The zero-order valence-corrected chi connectivity index (χ0v) is 9.14. The van der Waals surface area contributed by atoms with Crippen molar-refractivity contribution in [2.24, 2.45) is 17.3 Å². The van der Waals surface area contributed by atoms with Gasteiger partial charge in [0.2, 0.25) is 5.91 Å². The molecule has 0 saturated carbocycles. The number of hydrogen-bond donors (Lipinski definition) is 3. The van der Waals surface area contributed by atoms with Crippen LogP contribution in [0.15, 0.2) is 18.2 Å². The van der Waals surface area contributed by atoms with E-state index in [9.17, 15) is 14.4 Å². The summed E-state index contributed by atoms with van der Waals surface area (Å²) in [7, 11) is 0. The van der Waals surface area contributed by atoms with Crippen LogP contribution in [0.2, 0.25) is 0 Å². The summed E-state index contributed by atoms with van der Waals surface area (Å²) in [5.41, 5.74) is 10.1.